The maximum Gasteiger partial charge on any atom is 0.0640 e. The standard InChI is InChI=1S/C16H24ClN/c1-11(2)13-8-4-5-10-15(13)18-16-12(3)7-6-9-14(16)17/h6-7,9,11,13,15,18H,4-5,8,10H2,1-3H3. The predicted octanol–water partition coefficient (Wildman–Crippen LogP) is 5.28. The SMILES string of the molecule is Cc1cccc(Cl)c1NC1CCCCC1C(C)C. The first-order chi connectivity index (χ1) is 8.59. The van der Waals surface area contributed by atoms with Crippen LogP contribution in [0.2, 0.25) is 5.02 Å². The van der Waals surface area contributed by atoms with Crippen LogP contribution in [0.5, 0.6) is 0 Å². The van der Waals surface area contributed by atoms with E-state index in [1.54, 1.807) is 0 Å². The van der Waals surface area contributed by atoms with Crippen molar-refractivity contribution in [3.63, 3.8) is 0 Å². The van der Waals surface area contributed by atoms with E-state index in [9.17, 15) is 0 Å². The highest BCUT2D eigenvalue weighted by Gasteiger charge is 2.27. The molecule has 2 atom stereocenters. The van der Waals surface area contributed by atoms with Crippen molar-refractivity contribution in [1.82, 2.24) is 0 Å². The van der Waals surface area contributed by atoms with Crippen molar-refractivity contribution in [2.24, 2.45) is 11.8 Å². The number of anilines is 1. The molecular formula is C16H24ClN. The van der Waals surface area contributed by atoms with E-state index >= 15 is 0 Å². The molecular weight excluding hydrogens is 242 g/mol. The lowest BCUT2D eigenvalue weighted by molar-refractivity contribution is 0.254. The summed E-state index contributed by atoms with van der Waals surface area (Å²) in [5.41, 5.74) is 2.38. The van der Waals surface area contributed by atoms with E-state index in [-0.39, 0.29) is 0 Å². The Morgan fingerprint density at radius 2 is 1.94 bits per heavy atom. The van der Waals surface area contributed by atoms with E-state index in [0.717, 1.165) is 22.5 Å². The molecule has 0 saturated heterocycles. The summed E-state index contributed by atoms with van der Waals surface area (Å²) in [6.07, 6.45) is 5.33. The van der Waals surface area contributed by atoms with Crippen molar-refractivity contribution in [2.75, 3.05) is 5.32 Å². The van der Waals surface area contributed by atoms with Gasteiger partial charge in [0.25, 0.3) is 0 Å². The summed E-state index contributed by atoms with van der Waals surface area (Å²) in [7, 11) is 0. The average Bonchev–Trinajstić information content (AvgIpc) is 2.34. The van der Waals surface area contributed by atoms with E-state index < -0.39 is 0 Å². The molecule has 0 radical (unpaired) electrons. The molecule has 0 aliphatic heterocycles. The molecule has 0 aromatic heterocycles. The minimum atomic E-state index is 0.581. The molecule has 1 nitrogen and oxygen atoms in total. The molecule has 18 heavy (non-hydrogen) atoms. The maximum atomic E-state index is 6.31. The fourth-order valence-corrected chi connectivity index (χ4v) is 3.41. The van der Waals surface area contributed by atoms with E-state index in [0.29, 0.717) is 6.04 Å². The molecule has 2 unspecified atom stereocenters. The number of hydrogen-bond acceptors (Lipinski definition) is 1. The van der Waals surface area contributed by atoms with Crippen LogP contribution >= 0.6 is 11.6 Å². The Kier molecular flexibility index (Phi) is 4.55. The van der Waals surface area contributed by atoms with Crippen molar-refractivity contribution >= 4 is 17.3 Å². The van der Waals surface area contributed by atoms with E-state index in [1.165, 1.54) is 31.2 Å². The first kappa shape index (κ1) is 13.7. The highest BCUT2D eigenvalue weighted by atomic mass is 35.5. The van der Waals surface area contributed by atoms with Crippen LogP contribution in [-0.4, -0.2) is 6.04 Å². The topological polar surface area (TPSA) is 12.0 Å². The third kappa shape index (κ3) is 3.00. The van der Waals surface area contributed by atoms with E-state index in [1.807, 2.05) is 12.1 Å². The normalized spacial score (nSPS) is 24.3. The molecule has 2 heteroatoms. The largest absolute Gasteiger partial charge is 0.381 e. The molecule has 0 heterocycles. The highest BCUT2D eigenvalue weighted by molar-refractivity contribution is 6.33. The van der Waals surface area contributed by atoms with Gasteiger partial charge in [-0.05, 0) is 43.2 Å². The van der Waals surface area contributed by atoms with Gasteiger partial charge >= 0.3 is 0 Å². The summed E-state index contributed by atoms with van der Waals surface area (Å²) in [6, 6.07) is 6.70. The van der Waals surface area contributed by atoms with Gasteiger partial charge < -0.3 is 5.32 Å². The lowest BCUT2D eigenvalue weighted by Gasteiger charge is -2.36. The van der Waals surface area contributed by atoms with Crippen LogP contribution in [0.4, 0.5) is 5.69 Å². The van der Waals surface area contributed by atoms with Gasteiger partial charge in [-0.15, -0.1) is 0 Å². The van der Waals surface area contributed by atoms with Crippen LogP contribution in [0.15, 0.2) is 18.2 Å². The van der Waals surface area contributed by atoms with Crippen molar-refractivity contribution in [3.05, 3.63) is 28.8 Å². The van der Waals surface area contributed by atoms with Gasteiger partial charge in [-0.2, -0.15) is 0 Å². The molecule has 0 amide bonds. The highest BCUT2D eigenvalue weighted by Crippen LogP contribution is 2.35. The Morgan fingerprint density at radius 1 is 1.22 bits per heavy atom. The molecule has 1 aromatic rings. The first-order valence-electron chi connectivity index (χ1n) is 7.11. The Morgan fingerprint density at radius 3 is 2.61 bits per heavy atom. The van der Waals surface area contributed by atoms with Gasteiger partial charge in [0, 0.05) is 6.04 Å². The Balaban J connectivity index is 2.16. The molecule has 1 aliphatic rings. The van der Waals surface area contributed by atoms with Crippen LogP contribution < -0.4 is 5.32 Å². The summed E-state index contributed by atoms with van der Waals surface area (Å²) >= 11 is 6.31. The fourth-order valence-electron chi connectivity index (χ4n) is 3.14. The van der Waals surface area contributed by atoms with Gasteiger partial charge in [-0.25, -0.2) is 0 Å². The van der Waals surface area contributed by atoms with Crippen molar-refractivity contribution in [1.29, 1.82) is 0 Å². The average molecular weight is 266 g/mol. The van der Waals surface area contributed by atoms with Crippen molar-refractivity contribution in [3.8, 4) is 0 Å². The fraction of sp³-hybridized carbons (Fsp3) is 0.625. The van der Waals surface area contributed by atoms with Crippen LogP contribution in [0.3, 0.4) is 0 Å². The number of halogens is 1. The Hall–Kier alpha value is -0.690. The van der Waals surface area contributed by atoms with Crippen LogP contribution in [0.25, 0.3) is 0 Å². The summed E-state index contributed by atoms with van der Waals surface area (Å²) in [5, 5.41) is 4.57. The van der Waals surface area contributed by atoms with Gasteiger partial charge in [-0.1, -0.05) is 50.4 Å². The minimum absolute atomic E-state index is 0.581. The second-order valence-electron chi connectivity index (χ2n) is 5.87. The Labute approximate surface area is 116 Å². The van der Waals surface area contributed by atoms with Gasteiger partial charge in [0.15, 0.2) is 0 Å². The van der Waals surface area contributed by atoms with Gasteiger partial charge in [0.05, 0.1) is 10.7 Å². The van der Waals surface area contributed by atoms with Crippen molar-refractivity contribution in [2.45, 2.75) is 52.5 Å². The zero-order valence-electron chi connectivity index (χ0n) is 11.7. The Bertz CT molecular complexity index is 380. The van der Waals surface area contributed by atoms with Gasteiger partial charge in [0.1, 0.15) is 0 Å². The number of benzene rings is 1. The summed E-state index contributed by atoms with van der Waals surface area (Å²) < 4.78 is 0. The lowest BCUT2D eigenvalue weighted by atomic mass is 9.77. The van der Waals surface area contributed by atoms with Crippen LogP contribution in [0.1, 0.15) is 45.1 Å². The molecule has 1 aromatic carbocycles. The molecule has 100 valence electrons. The number of aryl methyl sites for hydroxylation is 1. The van der Waals surface area contributed by atoms with E-state index in [2.05, 4.69) is 32.2 Å². The van der Waals surface area contributed by atoms with Gasteiger partial charge in [0.2, 0.25) is 0 Å². The lowest BCUT2D eigenvalue weighted by Crippen LogP contribution is -2.35. The number of para-hydroxylation sites is 1. The smallest absolute Gasteiger partial charge is 0.0640 e. The molecule has 0 bridgehead atoms. The van der Waals surface area contributed by atoms with Crippen LogP contribution in [0, 0.1) is 18.8 Å². The second kappa shape index (κ2) is 5.97. The third-order valence-electron chi connectivity index (χ3n) is 4.23. The summed E-state index contributed by atoms with van der Waals surface area (Å²) in [6.45, 7) is 6.80. The maximum absolute atomic E-state index is 6.31. The number of rotatable bonds is 3. The predicted molar refractivity (Wildman–Crippen MR) is 80.4 cm³/mol. The third-order valence-corrected chi connectivity index (χ3v) is 4.54. The zero-order valence-corrected chi connectivity index (χ0v) is 12.4. The zero-order chi connectivity index (χ0) is 13.1. The molecule has 1 N–H and O–H groups in total. The number of hydrogen-bond donors (Lipinski definition) is 1. The van der Waals surface area contributed by atoms with E-state index in [4.69, 9.17) is 11.6 Å². The quantitative estimate of drug-likeness (QED) is 0.785. The van der Waals surface area contributed by atoms with Crippen LogP contribution in [-0.2, 0) is 0 Å². The summed E-state index contributed by atoms with van der Waals surface area (Å²) in [5.74, 6) is 1.51. The first-order valence-corrected chi connectivity index (χ1v) is 7.49. The molecule has 1 saturated carbocycles. The number of nitrogens with one attached hydrogen (secondary N) is 1. The molecule has 0 spiro atoms. The van der Waals surface area contributed by atoms with Gasteiger partial charge in [-0.3, -0.25) is 0 Å². The second-order valence-corrected chi connectivity index (χ2v) is 6.28. The molecule has 1 fully saturated rings. The van der Waals surface area contributed by atoms with Crippen molar-refractivity contribution < 1.29 is 0 Å². The molecule has 1 aliphatic carbocycles. The monoisotopic (exact) mass is 265 g/mol. The minimum Gasteiger partial charge on any atom is -0.381 e. The molecule has 2 rings (SSSR count). The summed E-state index contributed by atoms with van der Waals surface area (Å²) in [4.78, 5) is 0.